The Hall–Kier alpha value is -1.71. The minimum atomic E-state index is -0.311. The van der Waals surface area contributed by atoms with Crippen LogP contribution < -0.4 is 0 Å². The van der Waals surface area contributed by atoms with Crippen LogP contribution in [0.5, 0.6) is 0 Å². The summed E-state index contributed by atoms with van der Waals surface area (Å²) in [6.07, 6.45) is 10.7. The van der Waals surface area contributed by atoms with Gasteiger partial charge in [-0.2, -0.15) is 0 Å². The smallest absolute Gasteiger partial charge is 0.183 e. The normalized spacial score (nSPS) is 28.1. The molecule has 1 aliphatic carbocycles. The van der Waals surface area contributed by atoms with E-state index in [1.165, 1.54) is 51.4 Å². The minimum absolute atomic E-state index is 0.119. The third kappa shape index (κ3) is 6.05. The first-order valence-corrected chi connectivity index (χ1v) is 13.1. The molecule has 1 saturated carbocycles. The van der Waals surface area contributed by atoms with Crippen LogP contribution in [0.2, 0.25) is 0 Å². The van der Waals surface area contributed by atoms with Crippen molar-refractivity contribution in [1.82, 2.24) is 0 Å². The van der Waals surface area contributed by atoms with E-state index in [0.717, 1.165) is 36.3 Å². The summed E-state index contributed by atoms with van der Waals surface area (Å²) < 4.78 is 27.0. The molecule has 0 bridgehead atoms. The standard InChI is InChI=1S/C30H41FO2/c1-4-6-7-22-20-32-29(33-21-22)25-10-8-24(9-11-25)27-13-12-26(19-28(27)31)23-14-17-30(3,16-5-2)18-15-23/h8-13,19,22-23,29H,4-7,14-18,20-21H2,1-3H3. The summed E-state index contributed by atoms with van der Waals surface area (Å²) in [5.74, 6) is 0.867. The number of halogens is 1. The van der Waals surface area contributed by atoms with E-state index in [-0.39, 0.29) is 12.1 Å². The summed E-state index contributed by atoms with van der Waals surface area (Å²) in [4.78, 5) is 0. The number of ether oxygens (including phenoxy) is 2. The number of unbranched alkanes of at least 4 members (excludes halogenated alkanes) is 1. The molecule has 0 aromatic heterocycles. The Kier molecular flexibility index (Phi) is 8.24. The maximum Gasteiger partial charge on any atom is 0.183 e. The van der Waals surface area contributed by atoms with Gasteiger partial charge in [0.2, 0.25) is 0 Å². The fraction of sp³-hybridized carbons (Fsp3) is 0.600. The van der Waals surface area contributed by atoms with Crippen molar-refractivity contribution in [3.8, 4) is 11.1 Å². The van der Waals surface area contributed by atoms with Crippen molar-refractivity contribution in [2.45, 2.75) is 90.8 Å². The van der Waals surface area contributed by atoms with Crippen LogP contribution in [0.3, 0.4) is 0 Å². The van der Waals surface area contributed by atoms with E-state index in [9.17, 15) is 0 Å². The van der Waals surface area contributed by atoms with Gasteiger partial charge in [0, 0.05) is 17.0 Å². The highest BCUT2D eigenvalue weighted by molar-refractivity contribution is 5.65. The van der Waals surface area contributed by atoms with Crippen molar-refractivity contribution in [1.29, 1.82) is 0 Å². The first kappa shape index (κ1) is 24.4. The fourth-order valence-corrected chi connectivity index (χ4v) is 5.74. The molecule has 180 valence electrons. The Bertz CT molecular complexity index is 875. The van der Waals surface area contributed by atoms with Gasteiger partial charge < -0.3 is 9.47 Å². The highest BCUT2D eigenvalue weighted by atomic mass is 19.1. The summed E-state index contributed by atoms with van der Waals surface area (Å²) in [7, 11) is 0. The van der Waals surface area contributed by atoms with Gasteiger partial charge in [-0.25, -0.2) is 4.39 Å². The number of hydrogen-bond acceptors (Lipinski definition) is 2. The molecule has 1 aliphatic heterocycles. The molecule has 33 heavy (non-hydrogen) atoms. The van der Waals surface area contributed by atoms with Gasteiger partial charge in [0.25, 0.3) is 0 Å². The zero-order chi connectivity index (χ0) is 23.3. The van der Waals surface area contributed by atoms with Gasteiger partial charge in [-0.05, 0) is 67.1 Å². The van der Waals surface area contributed by atoms with Crippen LogP contribution in [-0.4, -0.2) is 13.2 Å². The molecule has 2 aromatic carbocycles. The van der Waals surface area contributed by atoms with Gasteiger partial charge in [0.1, 0.15) is 5.82 Å². The second-order valence-electron chi connectivity index (χ2n) is 10.7. The average Bonchev–Trinajstić information content (AvgIpc) is 2.84. The van der Waals surface area contributed by atoms with Gasteiger partial charge in [0.15, 0.2) is 6.29 Å². The molecule has 2 nitrogen and oxygen atoms in total. The minimum Gasteiger partial charge on any atom is -0.348 e. The van der Waals surface area contributed by atoms with E-state index in [1.807, 2.05) is 30.3 Å². The highest BCUT2D eigenvalue weighted by Crippen LogP contribution is 2.45. The predicted octanol–water partition coefficient (Wildman–Crippen LogP) is 8.81. The monoisotopic (exact) mass is 452 g/mol. The molecule has 1 saturated heterocycles. The Morgan fingerprint density at radius 2 is 1.58 bits per heavy atom. The third-order valence-corrected chi connectivity index (χ3v) is 7.94. The van der Waals surface area contributed by atoms with Gasteiger partial charge in [-0.3, -0.25) is 0 Å². The Morgan fingerprint density at radius 3 is 2.18 bits per heavy atom. The van der Waals surface area contributed by atoms with Crippen molar-refractivity contribution in [2.75, 3.05) is 13.2 Å². The van der Waals surface area contributed by atoms with Crippen LogP contribution in [0.25, 0.3) is 11.1 Å². The molecule has 2 aromatic rings. The maximum atomic E-state index is 15.1. The summed E-state index contributed by atoms with van der Waals surface area (Å²) >= 11 is 0. The molecule has 0 amide bonds. The molecule has 3 heteroatoms. The molecule has 2 fully saturated rings. The molecule has 0 radical (unpaired) electrons. The van der Waals surface area contributed by atoms with Crippen LogP contribution in [0.4, 0.5) is 4.39 Å². The Balaban J connectivity index is 1.37. The molecule has 4 rings (SSSR count). The first-order chi connectivity index (χ1) is 16.0. The summed E-state index contributed by atoms with van der Waals surface area (Å²) in [5, 5.41) is 0. The molecule has 0 atom stereocenters. The van der Waals surface area contributed by atoms with Gasteiger partial charge >= 0.3 is 0 Å². The molecule has 0 N–H and O–H groups in total. The summed E-state index contributed by atoms with van der Waals surface area (Å²) in [6.45, 7) is 8.41. The number of benzene rings is 2. The molecular weight excluding hydrogens is 411 g/mol. The molecule has 0 unspecified atom stereocenters. The van der Waals surface area contributed by atoms with Crippen molar-refractivity contribution < 1.29 is 13.9 Å². The van der Waals surface area contributed by atoms with E-state index in [1.54, 1.807) is 6.07 Å². The maximum absolute atomic E-state index is 15.1. The van der Waals surface area contributed by atoms with Crippen molar-refractivity contribution in [3.05, 3.63) is 59.4 Å². The zero-order valence-corrected chi connectivity index (χ0v) is 20.7. The van der Waals surface area contributed by atoms with Gasteiger partial charge in [0.05, 0.1) is 13.2 Å². The van der Waals surface area contributed by atoms with Gasteiger partial charge in [-0.15, -0.1) is 0 Å². The highest BCUT2D eigenvalue weighted by Gasteiger charge is 2.31. The second kappa shape index (κ2) is 11.1. The van der Waals surface area contributed by atoms with Crippen LogP contribution in [0.1, 0.15) is 102 Å². The van der Waals surface area contributed by atoms with Crippen LogP contribution in [0.15, 0.2) is 42.5 Å². The average molecular weight is 453 g/mol. The second-order valence-corrected chi connectivity index (χ2v) is 10.7. The molecular formula is C30H41FO2. The fourth-order valence-electron chi connectivity index (χ4n) is 5.74. The lowest BCUT2D eigenvalue weighted by Gasteiger charge is -2.37. The van der Waals surface area contributed by atoms with E-state index >= 15 is 4.39 Å². The van der Waals surface area contributed by atoms with E-state index < -0.39 is 0 Å². The molecule has 2 aliphatic rings. The van der Waals surface area contributed by atoms with Crippen LogP contribution in [-0.2, 0) is 9.47 Å². The summed E-state index contributed by atoms with van der Waals surface area (Å²) in [5.41, 5.74) is 4.21. The van der Waals surface area contributed by atoms with E-state index in [2.05, 4.69) is 26.8 Å². The lowest BCUT2D eigenvalue weighted by molar-refractivity contribution is -0.206. The van der Waals surface area contributed by atoms with Gasteiger partial charge in [-0.1, -0.05) is 76.4 Å². The van der Waals surface area contributed by atoms with Crippen LogP contribution >= 0.6 is 0 Å². The number of rotatable bonds is 8. The summed E-state index contributed by atoms with van der Waals surface area (Å²) in [6, 6.07) is 13.9. The molecule has 0 spiro atoms. The van der Waals surface area contributed by atoms with Crippen molar-refractivity contribution in [3.63, 3.8) is 0 Å². The Labute approximate surface area is 199 Å². The topological polar surface area (TPSA) is 18.5 Å². The SMILES string of the molecule is CCCCC1COC(c2ccc(-c3ccc(C4CCC(C)(CCC)CC4)cc3F)cc2)OC1. The largest absolute Gasteiger partial charge is 0.348 e. The van der Waals surface area contributed by atoms with Crippen LogP contribution in [0, 0.1) is 17.2 Å². The zero-order valence-electron chi connectivity index (χ0n) is 20.7. The van der Waals surface area contributed by atoms with Crippen molar-refractivity contribution >= 4 is 0 Å². The number of hydrogen-bond donors (Lipinski definition) is 0. The van der Waals surface area contributed by atoms with E-state index in [0.29, 0.717) is 22.8 Å². The Morgan fingerprint density at radius 1 is 0.909 bits per heavy atom. The first-order valence-electron chi connectivity index (χ1n) is 13.1. The molecule has 1 heterocycles. The third-order valence-electron chi connectivity index (χ3n) is 7.94. The van der Waals surface area contributed by atoms with E-state index in [4.69, 9.17) is 9.47 Å². The quantitative estimate of drug-likeness (QED) is 0.398. The predicted molar refractivity (Wildman–Crippen MR) is 134 cm³/mol. The lowest BCUT2D eigenvalue weighted by Crippen LogP contribution is -2.27. The lowest BCUT2D eigenvalue weighted by atomic mass is 9.68. The van der Waals surface area contributed by atoms with Crippen molar-refractivity contribution in [2.24, 2.45) is 11.3 Å².